The molecule has 0 atom stereocenters. The van der Waals surface area contributed by atoms with Crippen LogP contribution in [-0.2, 0) is 0 Å². The Morgan fingerprint density at radius 1 is 1.50 bits per heavy atom. The van der Waals surface area contributed by atoms with Gasteiger partial charge < -0.3 is 5.73 Å². The number of nitrogens with one attached hydrogen (secondary N) is 1. The molecule has 1 aromatic carbocycles. The Morgan fingerprint density at radius 2 is 2.33 bits per heavy atom. The summed E-state index contributed by atoms with van der Waals surface area (Å²) in [6.45, 7) is 3.70. The van der Waals surface area contributed by atoms with Gasteiger partial charge in [-0.3, -0.25) is 5.10 Å². The van der Waals surface area contributed by atoms with Crippen LogP contribution in [0.1, 0.15) is 5.56 Å². The minimum absolute atomic E-state index is 0.724. The molecule has 0 fully saturated rings. The number of nitrogens with two attached hydrogens (primary N) is 1. The Kier molecular flexibility index (Phi) is 1.37. The number of benzene rings is 1. The van der Waals surface area contributed by atoms with Gasteiger partial charge in [-0.1, -0.05) is 12.7 Å². The Balaban J connectivity index is 2.88. The molecular formula is C9H9N3. The average molecular weight is 159 g/mol. The molecule has 1 heterocycles. The maximum absolute atomic E-state index is 5.66. The summed E-state index contributed by atoms with van der Waals surface area (Å²) < 4.78 is 0. The average Bonchev–Trinajstić information content (AvgIpc) is 2.50. The molecule has 0 radical (unpaired) electrons. The summed E-state index contributed by atoms with van der Waals surface area (Å²) in [4.78, 5) is 0. The first-order valence-corrected chi connectivity index (χ1v) is 3.66. The first-order chi connectivity index (χ1) is 5.81. The Hall–Kier alpha value is -1.77. The topological polar surface area (TPSA) is 54.7 Å². The standard InChI is InChI=1S/C9H9N3/c1-2-6-3-7(10)4-9-8(6)5-11-12-9/h2-5H,1,10H2,(H,11,12). The van der Waals surface area contributed by atoms with E-state index >= 15 is 0 Å². The van der Waals surface area contributed by atoms with Crippen LogP contribution < -0.4 is 5.73 Å². The van der Waals surface area contributed by atoms with Crippen LogP contribution in [0.5, 0.6) is 0 Å². The minimum Gasteiger partial charge on any atom is -0.399 e. The van der Waals surface area contributed by atoms with Gasteiger partial charge in [0.15, 0.2) is 0 Å². The molecule has 0 bridgehead atoms. The molecule has 60 valence electrons. The highest BCUT2D eigenvalue weighted by molar-refractivity contribution is 5.89. The molecule has 0 aliphatic carbocycles. The zero-order chi connectivity index (χ0) is 8.55. The number of hydrogen-bond acceptors (Lipinski definition) is 2. The fraction of sp³-hybridized carbons (Fsp3) is 0. The van der Waals surface area contributed by atoms with E-state index < -0.39 is 0 Å². The van der Waals surface area contributed by atoms with Crippen molar-refractivity contribution in [2.75, 3.05) is 5.73 Å². The zero-order valence-corrected chi connectivity index (χ0v) is 6.54. The summed E-state index contributed by atoms with van der Waals surface area (Å²) in [5.41, 5.74) is 8.35. The van der Waals surface area contributed by atoms with Crippen molar-refractivity contribution in [2.24, 2.45) is 0 Å². The van der Waals surface area contributed by atoms with E-state index in [0.717, 1.165) is 22.2 Å². The molecule has 0 amide bonds. The van der Waals surface area contributed by atoms with Crippen LogP contribution in [0.15, 0.2) is 24.9 Å². The third-order valence-corrected chi connectivity index (χ3v) is 1.83. The lowest BCUT2D eigenvalue weighted by Crippen LogP contribution is -1.85. The highest BCUT2D eigenvalue weighted by atomic mass is 15.1. The maximum atomic E-state index is 5.66. The molecule has 0 aliphatic rings. The van der Waals surface area contributed by atoms with Crippen molar-refractivity contribution in [1.82, 2.24) is 10.2 Å². The zero-order valence-electron chi connectivity index (χ0n) is 6.54. The second-order valence-corrected chi connectivity index (χ2v) is 2.65. The largest absolute Gasteiger partial charge is 0.399 e. The number of H-pyrrole nitrogens is 1. The number of hydrogen-bond donors (Lipinski definition) is 2. The van der Waals surface area contributed by atoms with Crippen LogP contribution in [0.3, 0.4) is 0 Å². The van der Waals surface area contributed by atoms with Gasteiger partial charge in [-0.25, -0.2) is 0 Å². The Bertz CT molecular complexity index is 428. The fourth-order valence-electron chi connectivity index (χ4n) is 1.27. The number of rotatable bonds is 1. The first-order valence-electron chi connectivity index (χ1n) is 3.66. The molecule has 12 heavy (non-hydrogen) atoms. The van der Waals surface area contributed by atoms with Crippen molar-refractivity contribution in [2.45, 2.75) is 0 Å². The van der Waals surface area contributed by atoms with Gasteiger partial charge in [0.25, 0.3) is 0 Å². The second kappa shape index (κ2) is 2.37. The van der Waals surface area contributed by atoms with Crippen molar-refractivity contribution < 1.29 is 0 Å². The summed E-state index contributed by atoms with van der Waals surface area (Å²) in [6.07, 6.45) is 3.54. The van der Waals surface area contributed by atoms with Crippen LogP contribution >= 0.6 is 0 Å². The molecule has 0 aliphatic heterocycles. The maximum Gasteiger partial charge on any atom is 0.0676 e. The number of aromatic amines is 1. The predicted octanol–water partition coefficient (Wildman–Crippen LogP) is 1.79. The van der Waals surface area contributed by atoms with Crippen molar-refractivity contribution in [3.8, 4) is 0 Å². The number of aromatic nitrogens is 2. The normalized spacial score (nSPS) is 10.3. The van der Waals surface area contributed by atoms with Crippen LogP contribution in [-0.4, -0.2) is 10.2 Å². The third-order valence-electron chi connectivity index (χ3n) is 1.83. The van der Waals surface area contributed by atoms with Gasteiger partial charge in [-0.05, 0) is 17.7 Å². The van der Waals surface area contributed by atoms with E-state index in [1.165, 1.54) is 0 Å². The van der Waals surface area contributed by atoms with E-state index in [2.05, 4.69) is 16.8 Å². The van der Waals surface area contributed by atoms with Crippen LogP contribution in [0.2, 0.25) is 0 Å². The molecule has 1 aromatic heterocycles. The molecule has 2 aromatic rings. The van der Waals surface area contributed by atoms with E-state index in [1.807, 2.05) is 12.1 Å². The molecule has 0 saturated carbocycles. The summed E-state index contributed by atoms with van der Waals surface area (Å²) in [7, 11) is 0. The van der Waals surface area contributed by atoms with Gasteiger partial charge in [-0.2, -0.15) is 5.10 Å². The molecule has 0 spiro atoms. The quantitative estimate of drug-likeness (QED) is 0.623. The first kappa shape index (κ1) is 6.91. The van der Waals surface area contributed by atoms with Crippen molar-refractivity contribution in [3.05, 3.63) is 30.5 Å². The lowest BCUT2D eigenvalue weighted by atomic mass is 10.1. The molecule has 3 nitrogen and oxygen atoms in total. The Morgan fingerprint density at radius 3 is 3.08 bits per heavy atom. The lowest BCUT2D eigenvalue weighted by molar-refractivity contribution is 1.12. The molecule has 0 saturated heterocycles. The van der Waals surface area contributed by atoms with E-state index in [4.69, 9.17) is 5.73 Å². The van der Waals surface area contributed by atoms with Crippen molar-refractivity contribution in [3.63, 3.8) is 0 Å². The number of anilines is 1. The highest BCUT2D eigenvalue weighted by Crippen LogP contribution is 2.20. The fourth-order valence-corrected chi connectivity index (χ4v) is 1.27. The minimum atomic E-state index is 0.724. The molecule has 0 unspecified atom stereocenters. The number of nitrogen functional groups attached to an aromatic ring is 1. The molecular weight excluding hydrogens is 150 g/mol. The van der Waals surface area contributed by atoms with Gasteiger partial charge in [0.05, 0.1) is 11.7 Å². The van der Waals surface area contributed by atoms with E-state index in [0.29, 0.717) is 0 Å². The summed E-state index contributed by atoms with van der Waals surface area (Å²) >= 11 is 0. The van der Waals surface area contributed by atoms with Crippen LogP contribution in [0.25, 0.3) is 17.0 Å². The van der Waals surface area contributed by atoms with Gasteiger partial charge in [-0.15, -0.1) is 0 Å². The van der Waals surface area contributed by atoms with Gasteiger partial charge in [0.1, 0.15) is 0 Å². The smallest absolute Gasteiger partial charge is 0.0676 e. The van der Waals surface area contributed by atoms with Gasteiger partial charge >= 0.3 is 0 Å². The van der Waals surface area contributed by atoms with E-state index in [1.54, 1.807) is 12.3 Å². The van der Waals surface area contributed by atoms with Crippen LogP contribution in [0.4, 0.5) is 5.69 Å². The Labute approximate surface area is 69.9 Å². The molecule has 3 N–H and O–H groups in total. The van der Waals surface area contributed by atoms with E-state index in [-0.39, 0.29) is 0 Å². The second-order valence-electron chi connectivity index (χ2n) is 2.65. The summed E-state index contributed by atoms with van der Waals surface area (Å²) in [5.74, 6) is 0. The molecule has 3 heteroatoms. The third kappa shape index (κ3) is 0.871. The lowest BCUT2D eigenvalue weighted by Gasteiger charge is -1.97. The number of fused-ring (bicyclic) bond motifs is 1. The van der Waals surface area contributed by atoms with Gasteiger partial charge in [0, 0.05) is 11.1 Å². The SMILES string of the molecule is C=Cc1cc(N)cc2[nH]ncc12. The number of nitrogens with zero attached hydrogens (tertiary/aromatic N) is 1. The van der Waals surface area contributed by atoms with E-state index in [9.17, 15) is 0 Å². The summed E-state index contributed by atoms with van der Waals surface area (Å²) in [5, 5.41) is 7.83. The van der Waals surface area contributed by atoms with Gasteiger partial charge in [0.2, 0.25) is 0 Å². The highest BCUT2D eigenvalue weighted by Gasteiger charge is 2.00. The summed E-state index contributed by atoms with van der Waals surface area (Å²) in [6, 6.07) is 3.74. The van der Waals surface area contributed by atoms with Crippen molar-refractivity contribution in [1.29, 1.82) is 0 Å². The van der Waals surface area contributed by atoms with Crippen LogP contribution in [0, 0.1) is 0 Å². The monoisotopic (exact) mass is 159 g/mol. The van der Waals surface area contributed by atoms with Crippen molar-refractivity contribution >= 4 is 22.7 Å². The predicted molar refractivity (Wildman–Crippen MR) is 50.6 cm³/mol. The molecule has 2 rings (SSSR count).